The fourth-order valence-corrected chi connectivity index (χ4v) is 3.11. The highest BCUT2D eigenvalue weighted by molar-refractivity contribution is 4.86. The molecule has 1 aliphatic rings. The summed E-state index contributed by atoms with van der Waals surface area (Å²) in [4.78, 5) is 42.1. The lowest BCUT2D eigenvalue weighted by Gasteiger charge is -2.30. The zero-order chi connectivity index (χ0) is 19.5. The summed E-state index contributed by atoms with van der Waals surface area (Å²) in [5.41, 5.74) is -2.66. The third kappa shape index (κ3) is 4.38. The predicted molar refractivity (Wildman–Crippen MR) is 83.8 cm³/mol. The molecule has 0 radical (unpaired) electrons. The van der Waals surface area contributed by atoms with Crippen molar-refractivity contribution in [2.75, 3.05) is 6.54 Å². The van der Waals surface area contributed by atoms with Crippen LogP contribution in [0.1, 0.15) is 59.8 Å². The van der Waals surface area contributed by atoms with E-state index in [-0.39, 0.29) is 11.6 Å². The van der Waals surface area contributed by atoms with E-state index in [9.17, 15) is 30.3 Å². The van der Waals surface area contributed by atoms with E-state index in [1.54, 1.807) is 6.92 Å². The van der Waals surface area contributed by atoms with Gasteiger partial charge >= 0.3 is 5.79 Å². The zero-order valence-electron chi connectivity index (χ0n) is 14.8. The average molecular weight is 364 g/mol. The predicted octanol–water partition coefficient (Wildman–Crippen LogP) is 2.16. The molecule has 0 saturated carbocycles. The quantitative estimate of drug-likeness (QED) is 0.322. The highest BCUT2D eigenvalue weighted by atomic mass is 17.0. The molecule has 1 rings (SSSR count). The molecule has 144 valence electrons. The Kier molecular flexibility index (Phi) is 6.37. The van der Waals surface area contributed by atoms with Crippen LogP contribution >= 0.6 is 0 Å². The molecule has 1 heterocycles. The van der Waals surface area contributed by atoms with Crippen molar-refractivity contribution in [3.05, 3.63) is 30.3 Å². The van der Waals surface area contributed by atoms with Crippen molar-refractivity contribution in [2.24, 2.45) is 0 Å². The summed E-state index contributed by atoms with van der Waals surface area (Å²) in [6, 6.07) is 0. The molecule has 0 bridgehead atoms. The van der Waals surface area contributed by atoms with E-state index in [0.29, 0.717) is 19.3 Å². The Hall–Kier alpha value is -1.92. The Morgan fingerprint density at radius 3 is 2.12 bits per heavy atom. The van der Waals surface area contributed by atoms with E-state index >= 15 is 0 Å². The van der Waals surface area contributed by atoms with Crippen LogP contribution in [-0.4, -0.2) is 43.5 Å². The van der Waals surface area contributed by atoms with Crippen LogP contribution in [0.2, 0.25) is 0 Å². The molecule has 1 aliphatic heterocycles. The molecular formula is C13H24N4O8. The molecule has 0 aliphatic carbocycles. The first-order valence-corrected chi connectivity index (χ1v) is 8.04. The van der Waals surface area contributed by atoms with E-state index in [1.165, 1.54) is 13.8 Å². The van der Waals surface area contributed by atoms with Crippen LogP contribution in [0.4, 0.5) is 0 Å². The number of nitro groups is 3. The molecule has 2 unspecified atom stereocenters. The van der Waals surface area contributed by atoms with Gasteiger partial charge in [0.05, 0.1) is 5.23 Å². The molecule has 12 heteroatoms. The second-order valence-electron chi connectivity index (χ2n) is 6.80. The number of hydrogen-bond donors (Lipinski definition) is 0. The van der Waals surface area contributed by atoms with Gasteiger partial charge in [-0.15, -0.1) is 0 Å². The van der Waals surface area contributed by atoms with Crippen molar-refractivity contribution in [3.8, 4) is 0 Å². The van der Waals surface area contributed by atoms with Crippen molar-refractivity contribution >= 4 is 0 Å². The van der Waals surface area contributed by atoms with Crippen LogP contribution in [0, 0.1) is 30.3 Å². The Labute approximate surface area is 144 Å². The topological polar surface area (TPSA) is 151 Å². The standard InChI is InChI=1S/C13H24N4O8/c1-5-7-11(3)9-13(15(20)21,16(22)23)17(24-11)25-12(4,8-6-2)10-14(18)19/h5-10H2,1-4H3. The molecule has 0 aromatic heterocycles. The van der Waals surface area contributed by atoms with Crippen molar-refractivity contribution in [2.45, 2.75) is 76.8 Å². The van der Waals surface area contributed by atoms with E-state index < -0.39 is 44.7 Å². The largest absolute Gasteiger partial charge is 0.569 e. The molecule has 25 heavy (non-hydrogen) atoms. The minimum Gasteiger partial charge on any atom is -0.264 e. The summed E-state index contributed by atoms with van der Waals surface area (Å²) in [7, 11) is 0. The normalized spacial score (nSPS) is 25.4. The molecule has 0 aromatic rings. The minimum absolute atomic E-state index is 0.170. The first kappa shape index (κ1) is 21.1. The lowest BCUT2D eigenvalue weighted by Crippen LogP contribution is -2.59. The second kappa shape index (κ2) is 7.54. The average Bonchev–Trinajstić information content (AvgIpc) is 2.71. The van der Waals surface area contributed by atoms with Gasteiger partial charge in [-0.25, -0.2) is 4.84 Å². The maximum absolute atomic E-state index is 11.6. The number of rotatable bonds is 10. The van der Waals surface area contributed by atoms with Crippen LogP contribution in [0.5, 0.6) is 0 Å². The van der Waals surface area contributed by atoms with Crippen molar-refractivity contribution in [1.29, 1.82) is 0 Å². The summed E-state index contributed by atoms with van der Waals surface area (Å²) >= 11 is 0. The summed E-state index contributed by atoms with van der Waals surface area (Å²) in [6.45, 7) is 5.79. The fraction of sp³-hybridized carbons (Fsp3) is 1.00. The van der Waals surface area contributed by atoms with Gasteiger partial charge in [-0.05, 0) is 26.7 Å². The van der Waals surface area contributed by atoms with Gasteiger partial charge < -0.3 is 0 Å². The third-order valence-electron chi connectivity index (χ3n) is 4.12. The fourth-order valence-electron chi connectivity index (χ4n) is 3.11. The van der Waals surface area contributed by atoms with Gasteiger partial charge in [-0.2, -0.15) is 0 Å². The van der Waals surface area contributed by atoms with Crippen molar-refractivity contribution in [3.63, 3.8) is 0 Å². The number of hydrogen-bond acceptors (Lipinski definition) is 9. The monoisotopic (exact) mass is 364 g/mol. The lowest BCUT2D eigenvalue weighted by atomic mass is 9.94. The zero-order valence-corrected chi connectivity index (χ0v) is 14.8. The van der Waals surface area contributed by atoms with Gasteiger partial charge in [0.1, 0.15) is 21.9 Å². The van der Waals surface area contributed by atoms with Crippen molar-refractivity contribution < 1.29 is 24.4 Å². The highest BCUT2D eigenvalue weighted by Gasteiger charge is 2.75. The van der Waals surface area contributed by atoms with Gasteiger partial charge in [0.15, 0.2) is 5.60 Å². The molecule has 0 spiro atoms. The molecular weight excluding hydrogens is 340 g/mol. The van der Waals surface area contributed by atoms with E-state index in [1.807, 2.05) is 6.92 Å². The van der Waals surface area contributed by atoms with Crippen molar-refractivity contribution in [1.82, 2.24) is 5.23 Å². The van der Waals surface area contributed by atoms with Crippen LogP contribution in [0.15, 0.2) is 0 Å². The smallest absolute Gasteiger partial charge is 0.264 e. The van der Waals surface area contributed by atoms with E-state index in [4.69, 9.17) is 9.68 Å². The van der Waals surface area contributed by atoms with Gasteiger partial charge in [0.25, 0.3) is 0 Å². The number of nitrogens with zero attached hydrogens (tertiary/aromatic N) is 4. The summed E-state index contributed by atoms with van der Waals surface area (Å²) in [6.07, 6.45) is 1.03. The molecule has 0 aromatic carbocycles. The summed E-state index contributed by atoms with van der Waals surface area (Å²) in [5.74, 6) is -2.85. The Balaban J connectivity index is 3.28. The number of hydroxylamine groups is 2. The molecule has 1 saturated heterocycles. The third-order valence-corrected chi connectivity index (χ3v) is 4.12. The van der Waals surface area contributed by atoms with Crippen LogP contribution < -0.4 is 0 Å². The SMILES string of the molecule is CCCC(C)(C[N+](=O)[O-])ON1OC(C)(CCC)CC1([N+](=O)[O-])[N+](=O)[O-]. The maximum Gasteiger partial charge on any atom is 0.569 e. The first-order valence-electron chi connectivity index (χ1n) is 8.04. The second-order valence-corrected chi connectivity index (χ2v) is 6.80. The Bertz CT molecular complexity index is 530. The van der Waals surface area contributed by atoms with Gasteiger partial charge in [-0.1, -0.05) is 26.7 Å². The van der Waals surface area contributed by atoms with E-state index in [0.717, 1.165) is 0 Å². The Morgan fingerprint density at radius 1 is 1.16 bits per heavy atom. The highest BCUT2D eigenvalue weighted by Crippen LogP contribution is 2.43. The summed E-state index contributed by atoms with van der Waals surface area (Å²) in [5, 5.41) is 34.3. The summed E-state index contributed by atoms with van der Waals surface area (Å²) < 4.78 is 0. The van der Waals surface area contributed by atoms with Gasteiger partial charge in [0.2, 0.25) is 6.54 Å². The molecule has 0 amide bonds. The van der Waals surface area contributed by atoms with Gasteiger partial charge in [0, 0.05) is 4.92 Å². The van der Waals surface area contributed by atoms with Crippen LogP contribution in [0.25, 0.3) is 0 Å². The van der Waals surface area contributed by atoms with E-state index in [2.05, 4.69) is 0 Å². The molecule has 0 N–H and O–H groups in total. The van der Waals surface area contributed by atoms with Crippen LogP contribution in [-0.2, 0) is 9.68 Å². The Morgan fingerprint density at radius 2 is 1.72 bits per heavy atom. The minimum atomic E-state index is -2.85. The lowest BCUT2D eigenvalue weighted by molar-refractivity contribution is -0.853. The molecule has 2 atom stereocenters. The first-order chi connectivity index (χ1) is 11.4. The molecule has 1 fully saturated rings. The van der Waals surface area contributed by atoms with Crippen LogP contribution in [0.3, 0.4) is 0 Å². The molecule has 12 nitrogen and oxygen atoms in total. The maximum atomic E-state index is 11.6. The van der Waals surface area contributed by atoms with Gasteiger partial charge in [-0.3, -0.25) is 35.2 Å².